The van der Waals surface area contributed by atoms with Gasteiger partial charge in [0.05, 0.1) is 13.2 Å². The predicted octanol–water partition coefficient (Wildman–Crippen LogP) is 1.65. The zero-order valence-corrected chi connectivity index (χ0v) is 14.5. The fraction of sp³-hybridized carbons (Fsp3) is 0.467. The van der Waals surface area contributed by atoms with Crippen LogP contribution in [0.5, 0.6) is 5.75 Å². The van der Waals surface area contributed by atoms with Gasteiger partial charge in [-0.2, -0.15) is 0 Å². The summed E-state index contributed by atoms with van der Waals surface area (Å²) in [6.07, 6.45) is 2.09. The molecule has 0 radical (unpaired) electrons. The van der Waals surface area contributed by atoms with Crippen molar-refractivity contribution in [2.75, 3.05) is 26.3 Å². The van der Waals surface area contributed by atoms with Gasteiger partial charge in [-0.3, -0.25) is 0 Å². The summed E-state index contributed by atoms with van der Waals surface area (Å²) in [7, 11) is 0. The first-order valence-corrected chi connectivity index (χ1v) is 7.84. The first kappa shape index (κ1) is 21.4. The fourth-order valence-corrected chi connectivity index (χ4v) is 1.99. The quantitative estimate of drug-likeness (QED) is 0.393. The van der Waals surface area contributed by atoms with Gasteiger partial charge >= 0.3 is 11.9 Å². The van der Waals surface area contributed by atoms with Crippen LogP contribution in [-0.2, 0) is 9.59 Å². The summed E-state index contributed by atoms with van der Waals surface area (Å²) in [5, 5.41) is 26.5. The Bertz CT molecular complexity index is 483. The molecule has 0 saturated carbocycles. The van der Waals surface area contributed by atoms with Crippen LogP contribution in [0.15, 0.2) is 22.7 Å². The number of nitrogens with one attached hydrogen (secondary N) is 1. The molecule has 0 saturated heterocycles. The molecule has 8 heteroatoms. The van der Waals surface area contributed by atoms with Gasteiger partial charge in [0.25, 0.3) is 0 Å². The molecule has 0 amide bonds. The number of carboxylic acids is 2. The number of carboxylic acid groups (broad SMARTS) is 2. The van der Waals surface area contributed by atoms with E-state index in [-0.39, 0.29) is 6.61 Å². The van der Waals surface area contributed by atoms with Crippen LogP contribution in [-0.4, -0.2) is 53.6 Å². The number of aliphatic hydroxyl groups is 1. The van der Waals surface area contributed by atoms with Gasteiger partial charge in [0.15, 0.2) is 0 Å². The minimum atomic E-state index is -1.82. The van der Waals surface area contributed by atoms with Crippen molar-refractivity contribution < 1.29 is 29.6 Å². The molecule has 1 aromatic rings. The van der Waals surface area contributed by atoms with Gasteiger partial charge in [0.1, 0.15) is 5.75 Å². The third-order valence-corrected chi connectivity index (χ3v) is 3.11. The molecule has 4 N–H and O–H groups in total. The lowest BCUT2D eigenvalue weighted by Crippen LogP contribution is -2.19. The second kappa shape index (κ2) is 12.9. The first-order chi connectivity index (χ1) is 10.9. The summed E-state index contributed by atoms with van der Waals surface area (Å²) in [5.74, 6) is -2.69. The second-order valence-corrected chi connectivity index (χ2v) is 5.46. The number of rotatable bonds is 8. The highest BCUT2D eigenvalue weighted by atomic mass is 79.9. The van der Waals surface area contributed by atoms with Crippen LogP contribution in [0.2, 0.25) is 0 Å². The lowest BCUT2D eigenvalue weighted by Gasteiger charge is -2.09. The Balaban J connectivity index is 0.000000688. The molecule has 0 heterocycles. The summed E-state index contributed by atoms with van der Waals surface area (Å²) in [6.45, 7) is 4.59. The Morgan fingerprint density at radius 2 is 1.83 bits per heavy atom. The van der Waals surface area contributed by atoms with E-state index in [1.165, 1.54) is 0 Å². The van der Waals surface area contributed by atoms with Crippen LogP contribution in [0, 0.1) is 6.92 Å². The van der Waals surface area contributed by atoms with Gasteiger partial charge in [-0.25, -0.2) is 9.59 Å². The van der Waals surface area contributed by atoms with E-state index in [0.717, 1.165) is 41.8 Å². The molecule has 1 aromatic carbocycles. The minimum Gasteiger partial charge on any atom is -0.493 e. The van der Waals surface area contributed by atoms with Gasteiger partial charge in [-0.05, 0) is 50.1 Å². The molecule has 23 heavy (non-hydrogen) atoms. The van der Waals surface area contributed by atoms with E-state index in [0.29, 0.717) is 6.54 Å². The van der Waals surface area contributed by atoms with E-state index in [2.05, 4.69) is 27.3 Å². The van der Waals surface area contributed by atoms with Crippen LogP contribution < -0.4 is 10.1 Å². The zero-order valence-electron chi connectivity index (χ0n) is 12.9. The van der Waals surface area contributed by atoms with E-state index >= 15 is 0 Å². The molecule has 0 aromatic heterocycles. The molecule has 0 spiro atoms. The molecule has 0 atom stereocenters. The maximum Gasteiger partial charge on any atom is 0.414 e. The average molecular weight is 392 g/mol. The SMILES string of the molecule is Cc1cc(Br)ccc1OCCCCNCCO.O=C(O)C(=O)O. The number of benzene rings is 1. The second-order valence-electron chi connectivity index (χ2n) is 4.55. The molecule has 0 fully saturated rings. The number of aliphatic carboxylic acids is 2. The smallest absolute Gasteiger partial charge is 0.414 e. The molecular formula is C15H22BrNO6. The van der Waals surface area contributed by atoms with E-state index in [1.54, 1.807) is 0 Å². The monoisotopic (exact) mass is 391 g/mol. The van der Waals surface area contributed by atoms with Crippen LogP contribution in [0.1, 0.15) is 18.4 Å². The van der Waals surface area contributed by atoms with Crippen molar-refractivity contribution in [2.24, 2.45) is 0 Å². The Labute approximate surface area is 143 Å². The molecule has 7 nitrogen and oxygen atoms in total. The van der Waals surface area contributed by atoms with Gasteiger partial charge in [-0.1, -0.05) is 15.9 Å². The van der Waals surface area contributed by atoms with E-state index in [4.69, 9.17) is 29.6 Å². The Hall–Kier alpha value is -1.64. The molecular weight excluding hydrogens is 370 g/mol. The molecule has 130 valence electrons. The van der Waals surface area contributed by atoms with Crippen molar-refractivity contribution in [2.45, 2.75) is 19.8 Å². The average Bonchev–Trinajstić information content (AvgIpc) is 2.48. The highest BCUT2D eigenvalue weighted by Gasteiger charge is 2.04. The Morgan fingerprint density at radius 3 is 2.35 bits per heavy atom. The van der Waals surface area contributed by atoms with Gasteiger partial charge < -0.3 is 25.4 Å². The molecule has 1 rings (SSSR count). The molecule has 0 bridgehead atoms. The van der Waals surface area contributed by atoms with Crippen molar-refractivity contribution in [3.8, 4) is 5.75 Å². The number of aliphatic hydroxyl groups excluding tert-OH is 1. The van der Waals surface area contributed by atoms with E-state index in [1.807, 2.05) is 19.1 Å². The molecule has 0 aliphatic heterocycles. The molecule has 0 unspecified atom stereocenters. The maximum absolute atomic E-state index is 9.10. The summed E-state index contributed by atoms with van der Waals surface area (Å²) >= 11 is 3.43. The lowest BCUT2D eigenvalue weighted by molar-refractivity contribution is -0.159. The largest absolute Gasteiger partial charge is 0.493 e. The van der Waals surface area contributed by atoms with E-state index in [9.17, 15) is 0 Å². The van der Waals surface area contributed by atoms with Crippen LogP contribution >= 0.6 is 15.9 Å². The predicted molar refractivity (Wildman–Crippen MR) is 88.8 cm³/mol. The van der Waals surface area contributed by atoms with Crippen molar-refractivity contribution in [1.82, 2.24) is 5.32 Å². The highest BCUT2D eigenvalue weighted by Crippen LogP contribution is 2.22. The van der Waals surface area contributed by atoms with Gasteiger partial charge in [0, 0.05) is 11.0 Å². The number of unbranched alkanes of at least 4 members (excludes halogenated alkanes) is 1. The first-order valence-electron chi connectivity index (χ1n) is 7.05. The van der Waals surface area contributed by atoms with Crippen LogP contribution in [0.3, 0.4) is 0 Å². The van der Waals surface area contributed by atoms with Gasteiger partial charge in [0.2, 0.25) is 0 Å². The summed E-state index contributed by atoms with van der Waals surface area (Å²) in [4.78, 5) is 18.2. The summed E-state index contributed by atoms with van der Waals surface area (Å²) in [6, 6.07) is 6.03. The van der Waals surface area contributed by atoms with Gasteiger partial charge in [-0.15, -0.1) is 0 Å². The number of carbonyl (C=O) groups is 2. The summed E-state index contributed by atoms with van der Waals surface area (Å²) < 4.78 is 6.78. The maximum atomic E-state index is 9.10. The van der Waals surface area contributed by atoms with Crippen molar-refractivity contribution in [1.29, 1.82) is 0 Å². The van der Waals surface area contributed by atoms with Crippen molar-refractivity contribution in [3.05, 3.63) is 28.2 Å². The van der Waals surface area contributed by atoms with Crippen LogP contribution in [0.25, 0.3) is 0 Å². The minimum absolute atomic E-state index is 0.203. The van der Waals surface area contributed by atoms with Crippen molar-refractivity contribution >= 4 is 27.9 Å². The number of ether oxygens (including phenoxy) is 1. The Morgan fingerprint density at radius 1 is 1.17 bits per heavy atom. The van der Waals surface area contributed by atoms with Crippen LogP contribution in [0.4, 0.5) is 0 Å². The third kappa shape index (κ3) is 11.6. The standard InChI is InChI=1S/C13H20BrNO2.C2H2O4/c1-11-10-12(14)4-5-13(11)17-9-3-2-6-15-7-8-16;3-1(4)2(5)6/h4-5,10,15-16H,2-3,6-9H2,1H3;(H,3,4)(H,5,6). The third-order valence-electron chi connectivity index (χ3n) is 2.61. The number of hydrogen-bond acceptors (Lipinski definition) is 5. The number of hydrogen-bond donors (Lipinski definition) is 4. The molecule has 0 aliphatic rings. The normalized spacial score (nSPS) is 9.70. The Kier molecular flexibility index (Phi) is 11.9. The summed E-state index contributed by atoms with van der Waals surface area (Å²) in [5.41, 5.74) is 1.15. The fourth-order valence-electron chi connectivity index (χ4n) is 1.51. The number of halogens is 1. The number of aryl methyl sites for hydroxylation is 1. The van der Waals surface area contributed by atoms with E-state index < -0.39 is 11.9 Å². The lowest BCUT2D eigenvalue weighted by atomic mass is 10.2. The zero-order chi connectivity index (χ0) is 17.7. The molecule has 0 aliphatic carbocycles. The topological polar surface area (TPSA) is 116 Å². The highest BCUT2D eigenvalue weighted by molar-refractivity contribution is 9.10. The van der Waals surface area contributed by atoms with Crippen molar-refractivity contribution in [3.63, 3.8) is 0 Å².